The Morgan fingerprint density at radius 3 is 2.30 bits per heavy atom. The molecule has 1 unspecified atom stereocenters. The molecule has 10 nitrogen and oxygen atoms in total. The van der Waals surface area contributed by atoms with Gasteiger partial charge in [-0.25, -0.2) is 22.6 Å². The Morgan fingerprint density at radius 1 is 1.10 bits per heavy atom. The second-order valence-electron chi connectivity index (χ2n) is 9.66. The molecule has 1 aliphatic heterocycles. The minimum Gasteiger partial charge on any atom is -0.478 e. The van der Waals surface area contributed by atoms with Gasteiger partial charge in [-0.15, -0.1) is 0 Å². The first kappa shape index (κ1) is 29.3. The average molecular weight is 586 g/mol. The van der Waals surface area contributed by atoms with Crippen molar-refractivity contribution >= 4 is 33.4 Å². The molecule has 4 rings (SSSR count). The molecule has 1 aliphatic carbocycles. The summed E-state index contributed by atoms with van der Waals surface area (Å²) >= 11 is 0. The van der Waals surface area contributed by atoms with Gasteiger partial charge in [-0.1, -0.05) is 6.08 Å². The van der Waals surface area contributed by atoms with Gasteiger partial charge in [0.2, 0.25) is 16.0 Å². The number of rotatable bonds is 8. The van der Waals surface area contributed by atoms with Crippen molar-refractivity contribution in [2.45, 2.75) is 37.3 Å². The first-order chi connectivity index (χ1) is 18.6. The number of ether oxygens (including phenoxy) is 1. The normalized spacial score (nSPS) is 18.8. The van der Waals surface area contributed by atoms with Crippen LogP contribution in [0.2, 0.25) is 0 Å². The summed E-state index contributed by atoms with van der Waals surface area (Å²) in [6, 6.07) is 5.75. The lowest BCUT2D eigenvalue weighted by Gasteiger charge is -2.36. The number of hydrogen-bond acceptors (Lipinski definition) is 8. The van der Waals surface area contributed by atoms with Crippen molar-refractivity contribution in [1.29, 1.82) is 0 Å². The number of aliphatic carboxylic acids is 1. The molecule has 0 radical (unpaired) electrons. The predicted octanol–water partition coefficient (Wildman–Crippen LogP) is 3.92. The number of hydrogen-bond donors (Lipinski definition) is 2. The molecule has 2 aliphatic rings. The minimum atomic E-state index is -4.76. The van der Waals surface area contributed by atoms with Crippen LogP contribution in [0.1, 0.15) is 26.0 Å². The van der Waals surface area contributed by atoms with Gasteiger partial charge >= 0.3 is 12.1 Å². The van der Waals surface area contributed by atoms with E-state index in [-0.39, 0.29) is 50.1 Å². The number of halogens is 4. The molecule has 1 atom stereocenters. The summed E-state index contributed by atoms with van der Waals surface area (Å²) in [6.45, 7) is 2.83. The van der Waals surface area contributed by atoms with Gasteiger partial charge in [-0.05, 0) is 56.7 Å². The fraction of sp³-hybridized carbons (Fsp3) is 0.400. The van der Waals surface area contributed by atoms with Crippen molar-refractivity contribution in [3.8, 4) is 0 Å². The number of benzene rings is 1. The maximum atomic E-state index is 13.6. The molecule has 1 saturated heterocycles. The van der Waals surface area contributed by atoms with Crippen molar-refractivity contribution < 1.29 is 40.6 Å². The van der Waals surface area contributed by atoms with E-state index in [4.69, 9.17) is 4.74 Å². The number of anilines is 3. The highest BCUT2D eigenvalue weighted by atomic mass is 32.2. The summed E-state index contributed by atoms with van der Waals surface area (Å²) in [5, 5.41) is 11.0. The average Bonchev–Trinajstić information content (AvgIpc) is 2.89. The zero-order valence-corrected chi connectivity index (χ0v) is 22.3. The molecular formula is C25H27F4N5O5S. The maximum Gasteiger partial charge on any atom is 0.433 e. The molecule has 1 aromatic heterocycles. The predicted molar refractivity (Wildman–Crippen MR) is 138 cm³/mol. The van der Waals surface area contributed by atoms with E-state index in [1.54, 1.807) is 0 Å². The van der Waals surface area contributed by atoms with Crippen LogP contribution >= 0.6 is 0 Å². The Labute approximate surface area is 228 Å². The van der Waals surface area contributed by atoms with E-state index in [1.165, 1.54) is 53.4 Å². The molecule has 40 heavy (non-hydrogen) atoms. The van der Waals surface area contributed by atoms with Gasteiger partial charge < -0.3 is 20.1 Å². The van der Waals surface area contributed by atoms with Crippen LogP contribution in [0.25, 0.3) is 0 Å². The zero-order chi connectivity index (χ0) is 29.3. The third-order valence-corrected chi connectivity index (χ3v) is 8.50. The molecule has 2 heterocycles. The number of piperazine rings is 1. The Bertz CT molecular complexity index is 1420. The molecule has 216 valence electrons. The van der Waals surface area contributed by atoms with E-state index in [2.05, 4.69) is 15.3 Å². The number of aromatic nitrogens is 2. The Kier molecular flexibility index (Phi) is 8.08. The number of allylic oxidation sites excluding steroid dienone is 2. The van der Waals surface area contributed by atoms with Crippen molar-refractivity contribution in [3.05, 3.63) is 65.8 Å². The number of carboxylic acids is 1. The van der Waals surface area contributed by atoms with Gasteiger partial charge in [0, 0.05) is 37.9 Å². The van der Waals surface area contributed by atoms with Gasteiger partial charge in [0.05, 0.1) is 5.25 Å². The largest absolute Gasteiger partial charge is 0.478 e. The smallest absolute Gasteiger partial charge is 0.433 e. The topological polar surface area (TPSA) is 125 Å². The van der Waals surface area contributed by atoms with E-state index in [9.17, 15) is 35.9 Å². The van der Waals surface area contributed by atoms with Crippen LogP contribution < -0.4 is 10.2 Å². The molecule has 0 bridgehead atoms. The molecule has 0 spiro atoms. The maximum absolute atomic E-state index is 13.6. The summed E-state index contributed by atoms with van der Waals surface area (Å²) in [5.74, 6) is -1.80. The van der Waals surface area contributed by atoms with Crippen LogP contribution in [-0.4, -0.2) is 70.8 Å². The number of alkyl halides is 3. The monoisotopic (exact) mass is 585 g/mol. The van der Waals surface area contributed by atoms with Crippen molar-refractivity contribution in [1.82, 2.24) is 14.3 Å². The molecule has 2 aromatic rings. The lowest BCUT2D eigenvalue weighted by molar-refractivity contribution is -0.156. The Hall–Kier alpha value is -3.72. The molecular weight excluding hydrogens is 558 g/mol. The highest BCUT2D eigenvalue weighted by Gasteiger charge is 2.37. The molecule has 1 aromatic carbocycles. The summed E-state index contributed by atoms with van der Waals surface area (Å²) in [5.41, 5.74) is -2.34. The number of sulfonamides is 1. The van der Waals surface area contributed by atoms with Gasteiger partial charge in [-0.2, -0.15) is 22.5 Å². The lowest BCUT2D eigenvalue weighted by atomic mass is 10.1. The van der Waals surface area contributed by atoms with E-state index in [1.807, 2.05) is 0 Å². The molecule has 15 heteroatoms. The van der Waals surface area contributed by atoms with Gasteiger partial charge in [-0.3, -0.25) is 0 Å². The molecule has 2 N–H and O–H groups in total. The number of carbonyl (C=O) groups is 1. The molecule has 0 amide bonds. The third kappa shape index (κ3) is 6.70. The van der Waals surface area contributed by atoms with Crippen molar-refractivity contribution in [2.24, 2.45) is 0 Å². The fourth-order valence-electron chi connectivity index (χ4n) is 4.02. The van der Waals surface area contributed by atoms with Gasteiger partial charge in [0.1, 0.15) is 17.4 Å². The lowest BCUT2D eigenvalue weighted by Crippen LogP contribution is -2.51. The van der Waals surface area contributed by atoms with E-state index < -0.39 is 44.5 Å². The van der Waals surface area contributed by atoms with Crippen LogP contribution in [0.3, 0.4) is 0 Å². The summed E-state index contributed by atoms with van der Waals surface area (Å²) in [4.78, 5) is 20.6. The number of nitrogens with one attached hydrogen (secondary N) is 1. The van der Waals surface area contributed by atoms with Crippen LogP contribution in [-0.2, 0) is 25.7 Å². The Balaban J connectivity index is 1.44. The third-order valence-electron chi connectivity index (χ3n) is 6.30. The first-order valence-electron chi connectivity index (χ1n) is 12.2. The van der Waals surface area contributed by atoms with Gasteiger partial charge in [0.15, 0.2) is 11.3 Å². The Morgan fingerprint density at radius 2 is 1.75 bits per heavy atom. The quantitative estimate of drug-likeness (QED) is 0.444. The van der Waals surface area contributed by atoms with Crippen LogP contribution in [0, 0.1) is 5.82 Å². The van der Waals surface area contributed by atoms with Crippen molar-refractivity contribution in [2.75, 3.05) is 36.4 Å². The van der Waals surface area contributed by atoms with E-state index in [0.29, 0.717) is 5.69 Å². The standard InChI is InChI=1S/C25H27F4N5O5S/c1-24(2,22(35)36)39-18-7-9-19(10-8-18)40(37,38)34-13-11-33(12-14-34)23-31-20(25(27,28)29)15-21(32-23)30-17-5-3-16(26)4-6-17/h3-9,15,19H,10-14H2,1-2H3,(H,35,36)(H,30,31,32). The summed E-state index contributed by atoms with van der Waals surface area (Å²) in [7, 11) is -3.82. The minimum absolute atomic E-state index is 0.00782. The van der Waals surface area contributed by atoms with E-state index in [0.717, 1.165) is 18.2 Å². The second-order valence-corrected chi connectivity index (χ2v) is 11.8. The first-order valence-corrected chi connectivity index (χ1v) is 13.7. The highest BCUT2D eigenvalue weighted by molar-refractivity contribution is 7.89. The van der Waals surface area contributed by atoms with Crippen LogP contribution in [0.5, 0.6) is 0 Å². The number of carboxylic acid groups (broad SMARTS) is 1. The van der Waals surface area contributed by atoms with Crippen LogP contribution in [0.4, 0.5) is 35.0 Å². The number of nitrogens with zero attached hydrogens (tertiary/aromatic N) is 4. The molecule has 0 saturated carbocycles. The zero-order valence-electron chi connectivity index (χ0n) is 21.5. The van der Waals surface area contributed by atoms with Gasteiger partial charge in [0.25, 0.3) is 0 Å². The fourth-order valence-corrected chi connectivity index (χ4v) is 5.69. The second kappa shape index (κ2) is 11.0. The highest BCUT2D eigenvalue weighted by Crippen LogP contribution is 2.32. The van der Waals surface area contributed by atoms with Crippen LogP contribution in [0.15, 0.2) is 54.3 Å². The molecule has 1 fully saturated rings. The van der Waals surface area contributed by atoms with E-state index >= 15 is 0 Å². The SMILES string of the molecule is CC(C)(OC1=CCC(S(=O)(=O)N2CCN(c3nc(Nc4ccc(F)cc4)cc(C(F)(F)F)n3)CC2)C=C1)C(=O)O. The van der Waals surface area contributed by atoms with Crippen molar-refractivity contribution in [3.63, 3.8) is 0 Å². The summed E-state index contributed by atoms with van der Waals surface area (Å²) in [6.07, 6.45) is -0.337. The summed E-state index contributed by atoms with van der Waals surface area (Å²) < 4.78 is 87.0.